The lowest BCUT2D eigenvalue weighted by atomic mass is 10.1. The Bertz CT molecular complexity index is 549. The van der Waals surface area contributed by atoms with Crippen LogP contribution in [-0.4, -0.2) is 11.5 Å². The molecule has 0 amide bonds. The highest BCUT2D eigenvalue weighted by molar-refractivity contribution is 7.11. The number of benzene rings is 1. The molecule has 1 N–H and O–H groups in total. The smallest absolute Gasteiger partial charge is 0.126 e. The summed E-state index contributed by atoms with van der Waals surface area (Å²) in [7, 11) is 0. The first-order valence-electron chi connectivity index (χ1n) is 6.71. The third-order valence-corrected chi connectivity index (χ3v) is 4.16. The van der Waals surface area contributed by atoms with Gasteiger partial charge in [0.25, 0.3) is 0 Å². The van der Waals surface area contributed by atoms with Crippen molar-refractivity contribution >= 4 is 11.3 Å². The molecule has 0 aliphatic carbocycles. The summed E-state index contributed by atoms with van der Waals surface area (Å²) in [6, 6.07) is 3.84. The molecule has 0 spiro atoms. The van der Waals surface area contributed by atoms with Crippen molar-refractivity contribution < 1.29 is 8.78 Å². The maximum absolute atomic E-state index is 13.1. The second kappa shape index (κ2) is 6.90. The molecule has 1 aromatic carbocycles. The molecule has 0 radical (unpaired) electrons. The van der Waals surface area contributed by atoms with Gasteiger partial charge in [0.2, 0.25) is 0 Å². The van der Waals surface area contributed by atoms with Gasteiger partial charge in [-0.05, 0) is 37.6 Å². The lowest BCUT2D eigenvalue weighted by Crippen LogP contribution is -2.18. The van der Waals surface area contributed by atoms with Crippen LogP contribution in [0.25, 0.3) is 0 Å². The van der Waals surface area contributed by atoms with Crippen molar-refractivity contribution in [3.05, 3.63) is 51.5 Å². The number of nitrogens with one attached hydrogen (secondary N) is 1. The van der Waals surface area contributed by atoms with Crippen LogP contribution in [0.1, 0.15) is 41.8 Å². The van der Waals surface area contributed by atoms with Gasteiger partial charge in [-0.2, -0.15) is 0 Å². The molecule has 1 heterocycles. The molecule has 2 rings (SSSR count). The molecular formula is C15H18F2N2S. The van der Waals surface area contributed by atoms with Crippen LogP contribution >= 0.6 is 11.3 Å². The van der Waals surface area contributed by atoms with Crippen molar-refractivity contribution in [2.75, 3.05) is 6.54 Å². The van der Waals surface area contributed by atoms with Crippen molar-refractivity contribution in [1.82, 2.24) is 10.3 Å². The lowest BCUT2D eigenvalue weighted by Gasteiger charge is -2.09. The van der Waals surface area contributed by atoms with E-state index in [0.717, 1.165) is 28.9 Å². The first-order chi connectivity index (χ1) is 9.58. The molecule has 1 aromatic heterocycles. The SMILES string of the molecule is CCCNC(C)c1cnc(Cc2cc(F)cc(F)c2)s1. The molecule has 0 bridgehead atoms. The number of aromatic nitrogens is 1. The van der Waals surface area contributed by atoms with E-state index in [1.165, 1.54) is 12.1 Å². The highest BCUT2D eigenvalue weighted by atomic mass is 32.1. The molecule has 0 aliphatic rings. The molecule has 0 fully saturated rings. The zero-order valence-electron chi connectivity index (χ0n) is 11.6. The first kappa shape index (κ1) is 15.1. The Balaban J connectivity index is 2.05. The van der Waals surface area contributed by atoms with E-state index in [1.807, 2.05) is 6.20 Å². The van der Waals surface area contributed by atoms with E-state index < -0.39 is 11.6 Å². The van der Waals surface area contributed by atoms with Crippen LogP contribution in [0.5, 0.6) is 0 Å². The Morgan fingerprint density at radius 2 is 1.95 bits per heavy atom. The highest BCUT2D eigenvalue weighted by Crippen LogP contribution is 2.23. The quantitative estimate of drug-likeness (QED) is 0.869. The Labute approximate surface area is 121 Å². The lowest BCUT2D eigenvalue weighted by molar-refractivity contribution is 0.577. The van der Waals surface area contributed by atoms with Gasteiger partial charge in [-0.3, -0.25) is 0 Å². The summed E-state index contributed by atoms with van der Waals surface area (Å²) in [5.74, 6) is -1.09. The maximum Gasteiger partial charge on any atom is 0.126 e. The minimum absolute atomic E-state index is 0.255. The van der Waals surface area contributed by atoms with E-state index in [4.69, 9.17) is 0 Å². The molecule has 1 atom stereocenters. The predicted molar refractivity (Wildman–Crippen MR) is 78.0 cm³/mol. The van der Waals surface area contributed by atoms with Gasteiger partial charge in [0.1, 0.15) is 11.6 Å². The van der Waals surface area contributed by atoms with Crippen LogP contribution in [-0.2, 0) is 6.42 Å². The van der Waals surface area contributed by atoms with Gasteiger partial charge in [0, 0.05) is 29.6 Å². The summed E-state index contributed by atoms with van der Waals surface area (Å²) < 4.78 is 26.3. The van der Waals surface area contributed by atoms with Crippen molar-refractivity contribution in [3.8, 4) is 0 Å². The fourth-order valence-electron chi connectivity index (χ4n) is 1.96. The zero-order valence-corrected chi connectivity index (χ0v) is 12.4. The molecule has 0 saturated heterocycles. The summed E-state index contributed by atoms with van der Waals surface area (Å²) in [4.78, 5) is 5.48. The minimum atomic E-state index is -0.547. The van der Waals surface area contributed by atoms with Crippen LogP contribution in [0, 0.1) is 11.6 Å². The summed E-state index contributed by atoms with van der Waals surface area (Å²) in [5.41, 5.74) is 0.609. The molecule has 1 unspecified atom stereocenters. The van der Waals surface area contributed by atoms with Gasteiger partial charge in [0.15, 0.2) is 0 Å². The standard InChI is InChI=1S/C15H18F2N2S/c1-3-4-18-10(2)14-9-19-15(20-14)7-11-5-12(16)8-13(17)6-11/h5-6,8-10,18H,3-4,7H2,1-2H3. The second-order valence-electron chi connectivity index (χ2n) is 4.79. The number of nitrogens with zero attached hydrogens (tertiary/aromatic N) is 1. The van der Waals surface area contributed by atoms with Crippen molar-refractivity contribution in [2.24, 2.45) is 0 Å². The van der Waals surface area contributed by atoms with Gasteiger partial charge in [0.05, 0.1) is 5.01 Å². The summed E-state index contributed by atoms with van der Waals surface area (Å²) >= 11 is 1.58. The largest absolute Gasteiger partial charge is 0.309 e. The second-order valence-corrected chi connectivity index (χ2v) is 5.93. The van der Waals surface area contributed by atoms with Gasteiger partial charge in [-0.15, -0.1) is 11.3 Å². The first-order valence-corrected chi connectivity index (χ1v) is 7.53. The fraction of sp³-hybridized carbons (Fsp3) is 0.400. The van der Waals surface area contributed by atoms with Gasteiger partial charge in [-0.1, -0.05) is 6.92 Å². The number of halogens is 2. The van der Waals surface area contributed by atoms with Gasteiger partial charge in [-0.25, -0.2) is 13.8 Å². The topological polar surface area (TPSA) is 24.9 Å². The molecular weight excluding hydrogens is 278 g/mol. The van der Waals surface area contributed by atoms with Crippen LogP contribution < -0.4 is 5.32 Å². The number of thiazole rings is 1. The zero-order chi connectivity index (χ0) is 14.5. The van der Waals surface area contributed by atoms with E-state index >= 15 is 0 Å². The Kier molecular flexibility index (Phi) is 5.20. The van der Waals surface area contributed by atoms with Crippen LogP contribution in [0.4, 0.5) is 8.78 Å². The van der Waals surface area contributed by atoms with Gasteiger partial charge >= 0.3 is 0 Å². The molecule has 5 heteroatoms. The molecule has 2 nitrogen and oxygen atoms in total. The minimum Gasteiger partial charge on any atom is -0.309 e. The highest BCUT2D eigenvalue weighted by Gasteiger charge is 2.10. The van der Waals surface area contributed by atoms with Crippen molar-refractivity contribution in [3.63, 3.8) is 0 Å². The third kappa shape index (κ3) is 4.08. The van der Waals surface area contributed by atoms with E-state index in [2.05, 4.69) is 24.1 Å². The fourth-order valence-corrected chi connectivity index (χ4v) is 2.94. The molecule has 0 saturated carbocycles. The van der Waals surface area contributed by atoms with Crippen LogP contribution in [0.15, 0.2) is 24.4 Å². The normalized spacial score (nSPS) is 12.6. The summed E-state index contributed by atoms with van der Waals surface area (Å²) in [6.07, 6.45) is 3.38. The van der Waals surface area contributed by atoms with Crippen LogP contribution in [0.3, 0.4) is 0 Å². The van der Waals surface area contributed by atoms with E-state index in [-0.39, 0.29) is 6.04 Å². The predicted octanol–water partition coefficient (Wildman–Crippen LogP) is 4.07. The van der Waals surface area contributed by atoms with E-state index in [1.54, 1.807) is 11.3 Å². The monoisotopic (exact) mass is 296 g/mol. The average molecular weight is 296 g/mol. The van der Waals surface area contributed by atoms with Crippen LogP contribution in [0.2, 0.25) is 0 Å². The van der Waals surface area contributed by atoms with E-state index in [0.29, 0.717) is 12.0 Å². The summed E-state index contributed by atoms with van der Waals surface area (Å²) in [5, 5.41) is 4.26. The summed E-state index contributed by atoms with van der Waals surface area (Å²) in [6.45, 7) is 5.18. The Morgan fingerprint density at radius 3 is 2.60 bits per heavy atom. The third-order valence-electron chi connectivity index (χ3n) is 2.98. The molecule has 0 aliphatic heterocycles. The molecule has 20 heavy (non-hydrogen) atoms. The Hall–Kier alpha value is -1.33. The average Bonchev–Trinajstić information content (AvgIpc) is 2.83. The Morgan fingerprint density at radius 1 is 1.25 bits per heavy atom. The molecule has 2 aromatic rings. The van der Waals surface area contributed by atoms with E-state index in [9.17, 15) is 8.78 Å². The molecule has 108 valence electrons. The van der Waals surface area contributed by atoms with Crippen molar-refractivity contribution in [1.29, 1.82) is 0 Å². The maximum atomic E-state index is 13.1. The van der Waals surface area contributed by atoms with Crippen molar-refractivity contribution in [2.45, 2.75) is 32.7 Å². The number of hydrogen-bond acceptors (Lipinski definition) is 3. The van der Waals surface area contributed by atoms with Gasteiger partial charge < -0.3 is 5.32 Å². The number of rotatable bonds is 6. The number of hydrogen-bond donors (Lipinski definition) is 1.